The molecule has 1 aliphatic heterocycles. The Balaban J connectivity index is 1.48. The molecule has 3 nitrogen and oxygen atoms in total. The van der Waals surface area contributed by atoms with Crippen LogP contribution in [-0.2, 0) is 24.2 Å². The van der Waals surface area contributed by atoms with E-state index in [2.05, 4.69) is 35.8 Å². The molecule has 3 heteroatoms. The van der Waals surface area contributed by atoms with Crippen molar-refractivity contribution >= 4 is 0 Å². The molecular formula is C16H24N2O. The molecule has 1 aromatic carbocycles. The highest BCUT2D eigenvalue weighted by Crippen LogP contribution is 2.24. The highest BCUT2D eigenvalue weighted by Gasteiger charge is 2.28. The van der Waals surface area contributed by atoms with Crippen molar-refractivity contribution in [2.75, 3.05) is 13.2 Å². The summed E-state index contributed by atoms with van der Waals surface area (Å²) in [7, 11) is 0. The van der Waals surface area contributed by atoms with Crippen LogP contribution in [-0.4, -0.2) is 25.3 Å². The predicted molar refractivity (Wildman–Crippen MR) is 77.1 cm³/mol. The van der Waals surface area contributed by atoms with E-state index < -0.39 is 0 Å². The largest absolute Gasteiger partial charge is 0.378 e. The molecule has 2 N–H and O–H groups in total. The Morgan fingerprint density at radius 3 is 3.05 bits per heavy atom. The third kappa shape index (κ3) is 3.16. The summed E-state index contributed by atoms with van der Waals surface area (Å²) in [5.74, 6) is 0. The van der Waals surface area contributed by atoms with Crippen molar-refractivity contribution < 1.29 is 4.74 Å². The molecule has 0 bridgehead atoms. The highest BCUT2D eigenvalue weighted by molar-refractivity contribution is 5.33. The zero-order valence-corrected chi connectivity index (χ0v) is 11.7. The number of nitrogens with one attached hydrogen (secondary N) is 2. The van der Waals surface area contributed by atoms with Gasteiger partial charge in [-0.3, -0.25) is 0 Å². The van der Waals surface area contributed by atoms with Crippen molar-refractivity contribution in [2.24, 2.45) is 0 Å². The monoisotopic (exact) mass is 260 g/mol. The molecular weight excluding hydrogens is 236 g/mol. The quantitative estimate of drug-likeness (QED) is 0.849. The third-order valence-electron chi connectivity index (χ3n) is 4.25. The van der Waals surface area contributed by atoms with E-state index in [-0.39, 0.29) is 0 Å². The number of hydrogen-bond acceptors (Lipinski definition) is 3. The molecule has 1 heterocycles. The van der Waals surface area contributed by atoms with Gasteiger partial charge in [0.2, 0.25) is 0 Å². The second-order valence-electron chi connectivity index (χ2n) is 5.66. The fourth-order valence-corrected chi connectivity index (χ4v) is 3.01. The summed E-state index contributed by atoms with van der Waals surface area (Å²) in [6.07, 6.45) is 4.00. The maximum absolute atomic E-state index is 5.59. The molecule has 0 atom stereocenters. The lowest BCUT2D eigenvalue weighted by Gasteiger charge is -2.35. The Labute approximate surface area is 115 Å². The zero-order valence-electron chi connectivity index (χ0n) is 11.7. The molecule has 1 saturated carbocycles. The summed E-state index contributed by atoms with van der Waals surface area (Å²) < 4.78 is 5.59. The Bertz CT molecular complexity index is 427. The molecule has 3 rings (SSSR count). The minimum Gasteiger partial charge on any atom is -0.378 e. The zero-order chi connectivity index (χ0) is 13.1. The Morgan fingerprint density at radius 1 is 1.32 bits per heavy atom. The van der Waals surface area contributed by atoms with Crippen LogP contribution in [0.2, 0.25) is 0 Å². The van der Waals surface area contributed by atoms with E-state index in [4.69, 9.17) is 4.74 Å². The van der Waals surface area contributed by atoms with Gasteiger partial charge in [0, 0.05) is 25.7 Å². The fraction of sp³-hybridized carbons (Fsp3) is 0.625. The second kappa shape index (κ2) is 6.04. The summed E-state index contributed by atoms with van der Waals surface area (Å²) in [6.45, 7) is 6.04. The van der Waals surface area contributed by atoms with Gasteiger partial charge in [0.1, 0.15) is 0 Å². The van der Waals surface area contributed by atoms with E-state index in [0.29, 0.717) is 12.1 Å². The van der Waals surface area contributed by atoms with E-state index in [0.717, 1.165) is 26.2 Å². The van der Waals surface area contributed by atoms with Gasteiger partial charge >= 0.3 is 0 Å². The number of fused-ring (bicyclic) bond motifs is 1. The lowest BCUT2D eigenvalue weighted by Crippen LogP contribution is -2.45. The van der Waals surface area contributed by atoms with Gasteiger partial charge in [0.05, 0.1) is 6.10 Å². The average molecular weight is 260 g/mol. The average Bonchev–Trinajstić information content (AvgIpc) is 2.41. The van der Waals surface area contributed by atoms with Crippen LogP contribution in [0, 0.1) is 0 Å². The highest BCUT2D eigenvalue weighted by atomic mass is 16.5. The molecule has 0 spiro atoms. The molecule has 0 unspecified atom stereocenters. The van der Waals surface area contributed by atoms with Gasteiger partial charge in [-0.2, -0.15) is 0 Å². The van der Waals surface area contributed by atoms with Crippen LogP contribution in [0.3, 0.4) is 0 Å². The minimum atomic E-state index is 0.496. The van der Waals surface area contributed by atoms with Gasteiger partial charge in [-0.15, -0.1) is 0 Å². The molecule has 0 amide bonds. The van der Waals surface area contributed by atoms with Crippen molar-refractivity contribution in [3.8, 4) is 0 Å². The second-order valence-corrected chi connectivity index (χ2v) is 5.66. The first-order valence-electron chi connectivity index (χ1n) is 7.51. The van der Waals surface area contributed by atoms with Gasteiger partial charge in [0.15, 0.2) is 0 Å². The van der Waals surface area contributed by atoms with Crippen molar-refractivity contribution in [3.63, 3.8) is 0 Å². The van der Waals surface area contributed by atoms with Crippen LogP contribution >= 0.6 is 0 Å². The first-order valence-corrected chi connectivity index (χ1v) is 7.51. The maximum Gasteiger partial charge on any atom is 0.0604 e. The van der Waals surface area contributed by atoms with E-state index in [9.17, 15) is 0 Å². The number of hydrogen-bond donors (Lipinski definition) is 2. The SMILES string of the molecule is CCOC1CC(NCc2ccc3c(c2)CNCC3)C1. The summed E-state index contributed by atoms with van der Waals surface area (Å²) in [5, 5.41) is 7.07. The molecule has 0 saturated heterocycles. The van der Waals surface area contributed by atoms with Crippen LogP contribution in [0.15, 0.2) is 18.2 Å². The lowest BCUT2D eigenvalue weighted by atomic mass is 9.89. The van der Waals surface area contributed by atoms with Gasteiger partial charge in [-0.25, -0.2) is 0 Å². The van der Waals surface area contributed by atoms with Gasteiger partial charge < -0.3 is 15.4 Å². The molecule has 0 aromatic heterocycles. The molecule has 104 valence electrons. The normalized spacial score (nSPS) is 25.7. The van der Waals surface area contributed by atoms with E-state index in [1.54, 1.807) is 0 Å². The topological polar surface area (TPSA) is 33.3 Å². The summed E-state index contributed by atoms with van der Waals surface area (Å²) >= 11 is 0. The molecule has 0 radical (unpaired) electrons. The summed E-state index contributed by atoms with van der Waals surface area (Å²) in [5.41, 5.74) is 4.40. The number of rotatable bonds is 5. The van der Waals surface area contributed by atoms with Crippen molar-refractivity contribution in [1.29, 1.82) is 0 Å². The number of benzene rings is 1. The molecule has 19 heavy (non-hydrogen) atoms. The standard InChI is InChI=1S/C16H24N2O/c1-2-19-16-8-15(9-16)18-10-12-3-4-13-5-6-17-11-14(13)7-12/h3-4,7,15-18H,2,5-6,8-11H2,1H3. The third-order valence-corrected chi connectivity index (χ3v) is 4.25. The van der Waals surface area contributed by atoms with Crippen molar-refractivity contribution in [2.45, 2.75) is 51.4 Å². The first kappa shape index (κ1) is 13.1. The van der Waals surface area contributed by atoms with Crippen molar-refractivity contribution in [3.05, 3.63) is 34.9 Å². The van der Waals surface area contributed by atoms with E-state index >= 15 is 0 Å². The van der Waals surface area contributed by atoms with Crippen LogP contribution in [0.25, 0.3) is 0 Å². The molecule has 1 aliphatic carbocycles. The Kier molecular flexibility index (Phi) is 4.16. The predicted octanol–water partition coefficient (Wildman–Crippen LogP) is 1.99. The van der Waals surface area contributed by atoms with Gasteiger partial charge in [-0.05, 0) is 49.4 Å². The van der Waals surface area contributed by atoms with Crippen LogP contribution < -0.4 is 10.6 Å². The summed E-state index contributed by atoms with van der Waals surface area (Å²) in [6, 6.07) is 7.57. The van der Waals surface area contributed by atoms with Gasteiger partial charge in [-0.1, -0.05) is 18.2 Å². The summed E-state index contributed by atoms with van der Waals surface area (Å²) in [4.78, 5) is 0. The van der Waals surface area contributed by atoms with E-state index in [1.165, 1.54) is 36.0 Å². The molecule has 1 fully saturated rings. The molecule has 2 aliphatic rings. The Morgan fingerprint density at radius 2 is 2.21 bits per heavy atom. The lowest BCUT2D eigenvalue weighted by molar-refractivity contribution is -0.0102. The first-order chi connectivity index (χ1) is 9.35. The Hall–Kier alpha value is -0.900. The minimum absolute atomic E-state index is 0.496. The molecule has 1 aromatic rings. The smallest absolute Gasteiger partial charge is 0.0604 e. The van der Waals surface area contributed by atoms with Crippen LogP contribution in [0.5, 0.6) is 0 Å². The van der Waals surface area contributed by atoms with E-state index in [1.807, 2.05) is 0 Å². The number of ether oxygens (including phenoxy) is 1. The van der Waals surface area contributed by atoms with Gasteiger partial charge in [0.25, 0.3) is 0 Å². The van der Waals surface area contributed by atoms with Crippen molar-refractivity contribution in [1.82, 2.24) is 10.6 Å². The maximum atomic E-state index is 5.59. The van der Waals surface area contributed by atoms with Crippen LogP contribution in [0.1, 0.15) is 36.5 Å². The van der Waals surface area contributed by atoms with Crippen LogP contribution in [0.4, 0.5) is 0 Å². The fourth-order valence-electron chi connectivity index (χ4n) is 3.01.